The molecule has 0 atom stereocenters. The first kappa shape index (κ1) is 10.1. The second-order valence-corrected chi connectivity index (χ2v) is 3.90. The van der Waals surface area contributed by atoms with Crippen molar-refractivity contribution in [2.75, 3.05) is 0 Å². The Labute approximate surface area is 79.3 Å². The summed E-state index contributed by atoms with van der Waals surface area (Å²) in [6.07, 6.45) is 9.70. The number of allylic oxidation sites excluding steroid dienone is 1. The largest absolute Gasteiger partial charge is 0.390 e. The Kier molecular flexibility index (Phi) is 3.32. The zero-order valence-electron chi connectivity index (χ0n) is 8.25. The van der Waals surface area contributed by atoms with Crippen molar-refractivity contribution in [1.29, 1.82) is 0 Å². The molecule has 0 amide bonds. The molecule has 1 aromatic heterocycles. The summed E-state index contributed by atoms with van der Waals surface area (Å²) < 4.78 is 0. The fraction of sp³-hybridized carbons (Fsp3) is 0.455. The second-order valence-electron chi connectivity index (χ2n) is 3.90. The Morgan fingerprint density at radius 2 is 2.31 bits per heavy atom. The van der Waals surface area contributed by atoms with E-state index in [1.165, 1.54) is 5.56 Å². The molecule has 0 unspecified atom stereocenters. The average Bonchev–Trinajstić information content (AvgIpc) is 2.48. The number of aliphatic hydroxyl groups is 1. The van der Waals surface area contributed by atoms with Crippen molar-refractivity contribution < 1.29 is 5.11 Å². The van der Waals surface area contributed by atoms with E-state index < -0.39 is 5.60 Å². The van der Waals surface area contributed by atoms with Crippen molar-refractivity contribution >= 4 is 6.08 Å². The highest BCUT2D eigenvalue weighted by atomic mass is 16.3. The molecule has 0 saturated heterocycles. The molecule has 1 heterocycles. The predicted octanol–water partition coefficient (Wildman–Crippen LogP) is 2.58. The average molecular weight is 179 g/mol. The maximum absolute atomic E-state index is 9.43. The lowest BCUT2D eigenvalue weighted by atomic mass is 10.0. The molecule has 0 aliphatic carbocycles. The number of H-pyrrole nitrogens is 1. The van der Waals surface area contributed by atoms with Crippen LogP contribution in [0.2, 0.25) is 0 Å². The summed E-state index contributed by atoms with van der Waals surface area (Å²) in [5.41, 5.74) is 0.624. The quantitative estimate of drug-likeness (QED) is 0.732. The minimum absolute atomic E-state index is 0.553. The predicted molar refractivity (Wildman–Crippen MR) is 55.4 cm³/mol. The van der Waals surface area contributed by atoms with Gasteiger partial charge in [-0.1, -0.05) is 12.2 Å². The van der Waals surface area contributed by atoms with Crippen molar-refractivity contribution in [2.45, 2.75) is 32.3 Å². The van der Waals surface area contributed by atoms with Gasteiger partial charge >= 0.3 is 0 Å². The Morgan fingerprint density at radius 3 is 2.85 bits per heavy atom. The topological polar surface area (TPSA) is 36.0 Å². The monoisotopic (exact) mass is 179 g/mol. The third-order valence-corrected chi connectivity index (χ3v) is 1.86. The van der Waals surface area contributed by atoms with E-state index in [-0.39, 0.29) is 0 Å². The Bertz CT molecular complexity index is 254. The van der Waals surface area contributed by atoms with Gasteiger partial charge in [-0.3, -0.25) is 0 Å². The van der Waals surface area contributed by atoms with Gasteiger partial charge in [0.1, 0.15) is 0 Å². The molecule has 0 aromatic carbocycles. The van der Waals surface area contributed by atoms with Gasteiger partial charge in [0.05, 0.1) is 5.60 Å². The lowest BCUT2D eigenvalue weighted by Crippen LogP contribution is -2.17. The lowest BCUT2D eigenvalue weighted by molar-refractivity contribution is 0.0722. The van der Waals surface area contributed by atoms with Crippen LogP contribution in [0.1, 0.15) is 32.3 Å². The highest BCUT2D eigenvalue weighted by Crippen LogP contribution is 2.11. The van der Waals surface area contributed by atoms with Crippen LogP contribution in [-0.4, -0.2) is 15.7 Å². The number of hydrogen-bond acceptors (Lipinski definition) is 1. The number of aromatic amines is 1. The zero-order chi connectivity index (χ0) is 9.73. The second kappa shape index (κ2) is 4.28. The molecule has 0 spiro atoms. The van der Waals surface area contributed by atoms with E-state index >= 15 is 0 Å². The van der Waals surface area contributed by atoms with Gasteiger partial charge in [-0.05, 0) is 38.3 Å². The number of rotatable bonds is 4. The van der Waals surface area contributed by atoms with Gasteiger partial charge in [-0.15, -0.1) is 0 Å². The van der Waals surface area contributed by atoms with Gasteiger partial charge < -0.3 is 10.1 Å². The normalized spacial score (nSPS) is 12.5. The van der Waals surface area contributed by atoms with E-state index in [4.69, 9.17) is 0 Å². The van der Waals surface area contributed by atoms with Crippen LogP contribution in [0.4, 0.5) is 0 Å². The standard InChI is InChI=1S/C11H17NO/c1-11(2,13)7-4-3-5-10-6-8-12-9-10/h3,5-6,8-9,12-13H,4,7H2,1-2H3/b5-3+. The van der Waals surface area contributed by atoms with E-state index in [0.717, 1.165) is 12.8 Å². The van der Waals surface area contributed by atoms with Gasteiger partial charge in [-0.25, -0.2) is 0 Å². The number of aromatic nitrogens is 1. The van der Waals surface area contributed by atoms with Crippen LogP contribution < -0.4 is 0 Å². The third kappa shape index (κ3) is 4.53. The van der Waals surface area contributed by atoms with E-state index in [0.29, 0.717) is 0 Å². The molecular weight excluding hydrogens is 162 g/mol. The zero-order valence-corrected chi connectivity index (χ0v) is 8.25. The maximum Gasteiger partial charge on any atom is 0.0594 e. The molecule has 2 nitrogen and oxygen atoms in total. The first-order chi connectivity index (χ1) is 6.08. The molecule has 0 saturated carbocycles. The summed E-state index contributed by atoms with van der Waals surface area (Å²) >= 11 is 0. The molecule has 0 radical (unpaired) electrons. The van der Waals surface area contributed by atoms with Gasteiger partial charge in [0.15, 0.2) is 0 Å². The molecule has 0 aliphatic rings. The van der Waals surface area contributed by atoms with Crippen LogP contribution in [0.3, 0.4) is 0 Å². The highest BCUT2D eigenvalue weighted by molar-refractivity contribution is 5.47. The van der Waals surface area contributed by atoms with Crippen LogP contribution in [-0.2, 0) is 0 Å². The minimum atomic E-state index is -0.553. The summed E-state index contributed by atoms with van der Waals surface area (Å²) in [5, 5.41) is 9.43. The molecule has 1 aromatic rings. The van der Waals surface area contributed by atoms with E-state index in [2.05, 4.69) is 17.1 Å². The maximum atomic E-state index is 9.43. The third-order valence-electron chi connectivity index (χ3n) is 1.86. The van der Waals surface area contributed by atoms with Crippen molar-refractivity contribution in [1.82, 2.24) is 4.98 Å². The van der Waals surface area contributed by atoms with Gasteiger partial charge in [0, 0.05) is 12.4 Å². The molecule has 2 heteroatoms. The summed E-state index contributed by atoms with van der Waals surface area (Å²) in [6.45, 7) is 3.66. The van der Waals surface area contributed by atoms with Gasteiger partial charge in [0.2, 0.25) is 0 Å². The molecular formula is C11H17NO. The van der Waals surface area contributed by atoms with Crippen molar-refractivity contribution in [3.8, 4) is 0 Å². The molecule has 1 rings (SSSR count). The Hall–Kier alpha value is -1.02. The van der Waals surface area contributed by atoms with Gasteiger partial charge in [0.25, 0.3) is 0 Å². The first-order valence-electron chi connectivity index (χ1n) is 4.60. The molecule has 13 heavy (non-hydrogen) atoms. The van der Waals surface area contributed by atoms with Crippen LogP contribution in [0.5, 0.6) is 0 Å². The molecule has 72 valence electrons. The van der Waals surface area contributed by atoms with E-state index in [9.17, 15) is 5.11 Å². The molecule has 0 bridgehead atoms. The van der Waals surface area contributed by atoms with E-state index in [1.54, 1.807) is 0 Å². The molecule has 2 N–H and O–H groups in total. The summed E-state index contributed by atoms with van der Waals surface area (Å²) in [7, 11) is 0. The smallest absolute Gasteiger partial charge is 0.0594 e. The summed E-state index contributed by atoms with van der Waals surface area (Å²) in [6, 6.07) is 2.01. The fourth-order valence-electron chi connectivity index (χ4n) is 1.10. The minimum Gasteiger partial charge on any atom is -0.390 e. The number of hydrogen-bond donors (Lipinski definition) is 2. The van der Waals surface area contributed by atoms with Crippen molar-refractivity contribution in [3.63, 3.8) is 0 Å². The van der Waals surface area contributed by atoms with E-state index in [1.807, 2.05) is 32.3 Å². The SMILES string of the molecule is CC(C)(O)CC/C=C/c1cc[nH]c1. The van der Waals surface area contributed by atoms with Gasteiger partial charge in [-0.2, -0.15) is 0 Å². The Morgan fingerprint density at radius 1 is 1.54 bits per heavy atom. The lowest BCUT2D eigenvalue weighted by Gasteiger charge is -2.14. The first-order valence-corrected chi connectivity index (χ1v) is 4.60. The van der Waals surface area contributed by atoms with Crippen LogP contribution in [0.15, 0.2) is 24.5 Å². The van der Waals surface area contributed by atoms with Crippen molar-refractivity contribution in [3.05, 3.63) is 30.1 Å². The molecule has 0 fully saturated rings. The summed E-state index contributed by atoms with van der Waals surface area (Å²) in [4.78, 5) is 2.99. The summed E-state index contributed by atoms with van der Waals surface area (Å²) in [5.74, 6) is 0. The van der Waals surface area contributed by atoms with Crippen LogP contribution in [0, 0.1) is 0 Å². The van der Waals surface area contributed by atoms with Crippen LogP contribution in [0.25, 0.3) is 6.08 Å². The number of nitrogens with one attached hydrogen (secondary N) is 1. The van der Waals surface area contributed by atoms with Crippen LogP contribution >= 0.6 is 0 Å². The Balaban J connectivity index is 2.27. The fourth-order valence-corrected chi connectivity index (χ4v) is 1.10. The molecule has 0 aliphatic heterocycles. The highest BCUT2D eigenvalue weighted by Gasteiger charge is 2.09. The van der Waals surface area contributed by atoms with Crippen molar-refractivity contribution in [2.24, 2.45) is 0 Å².